The number of nitrogens with zero attached hydrogens (tertiary/aromatic N) is 1. The van der Waals surface area contributed by atoms with Crippen LogP contribution in [0.3, 0.4) is 0 Å². The summed E-state index contributed by atoms with van der Waals surface area (Å²) in [4.78, 5) is 2.21. The van der Waals surface area contributed by atoms with Crippen LogP contribution in [-0.2, 0) is 10.8 Å². The van der Waals surface area contributed by atoms with Gasteiger partial charge in [-0.2, -0.15) is 0 Å². The normalized spacial score (nSPS) is 18.8. The molecule has 0 aromatic rings. The van der Waals surface area contributed by atoms with Crippen molar-refractivity contribution >= 4 is 10.8 Å². The van der Waals surface area contributed by atoms with Gasteiger partial charge >= 0.3 is 0 Å². The smallest absolute Gasteiger partial charge is 0.0362 e. The maximum Gasteiger partial charge on any atom is 0.0362 e. The van der Waals surface area contributed by atoms with Crippen molar-refractivity contribution in [2.24, 2.45) is 0 Å². The zero-order chi connectivity index (χ0) is 10.8. The first-order valence-corrected chi connectivity index (χ1v) is 7.23. The molecule has 0 aliphatic carbocycles. The number of hydrogen-bond acceptors (Lipinski definition) is 2. The van der Waals surface area contributed by atoms with E-state index < -0.39 is 10.8 Å². The predicted octanol–water partition coefficient (Wildman–Crippen LogP) is 2.27. The molecule has 0 aromatic heterocycles. The SMILES string of the molecule is CCCCCC.CN1CCS(=O)CC1. The van der Waals surface area contributed by atoms with Crippen molar-refractivity contribution in [2.45, 2.75) is 39.5 Å². The van der Waals surface area contributed by atoms with E-state index >= 15 is 0 Å². The van der Waals surface area contributed by atoms with Crippen LogP contribution in [0.15, 0.2) is 0 Å². The Bertz CT molecular complexity index is 136. The lowest BCUT2D eigenvalue weighted by atomic mass is 10.2. The van der Waals surface area contributed by atoms with E-state index in [4.69, 9.17) is 0 Å². The highest BCUT2D eigenvalue weighted by Crippen LogP contribution is 1.95. The van der Waals surface area contributed by atoms with Crippen molar-refractivity contribution < 1.29 is 4.21 Å². The lowest BCUT2D eigenvalue weighted by Gasteiger charge is -2.20. The minimum absolute atomic E-state index is 0.503. The first kappa shape index (κ1) is 14.1. The fraction of sp³-hybridized carbons (Fsp3) is 1.00. The van der Waals surface area contributed by atoms with E-state index in [0.717, 1.165) is 24.6 Å². The van der Waals surface area contributed by atoms with Gasteiger partial charge in [-0.15, -0.1) is 0 Å². The molecule has 2 nitrogen and oxygen atoms in total. The molecule has 86 valence electrons. The van der Waals surface area contributed by atoms with Crippen molar-refractivity contribution in [2.75, 3.05) is 31.6 Å². The zero-order valence-electron chi connectivity index (χ0n) is 9.92. The molecule has 1 saturated heterocycles. The molecule has 1 aliphatic rings. The molecule has 1 heterocycles. The summed E-state index contributed by atoms with van der Waals surface area (Å²) in [6.07, 6.45) is 5.54. The Morgan fingerprint density at radius 1 is 1.07 bits per heavy atom. The summed E-state index contributed by atoms with van der Waals surface area (Å²) in [6, 6.07) is 0. The van der Waals surface area contributed by atoms with Crippen LogP contribution in [-0.4, -0.2) is 40.8 Å². The molecule has 1 rings (SSSR count). The molecule has 0 N–H and O–H groups in total. The third kappa shape index (κ3) is 8.70. The Hall–Kier alpha value is 0.110. The zero-order valence-corrected chi connectivity index (χ0v) is 10.7. The van der Waals surface area contributed by atoms with Crippen molar-refractivity contribution in [3.8, 4) is 0 Å². The summed E-state index contributed by atoms with van der Waals surface area (Å²) >= 11 is 0. The molecule has 1 aliphatic heterocycles. The highest BCUT2D eigenvalue weighted by molar-refractivity contribution is 7.85. The van der Waals surface area contributed by atoms with E-state index in [1.165, 1.54) is 25.7 Å². The summed E-state index contributed by atoms with van der Waals surface area (Å²) in [7, 11) is 1.56. The quantitative estimate of drug-likeness (QED) is 0.679. The lowest BCUT2D eigenvalue weighted by molar-refractivity contribution is 0.367. The van der Waals surface area contributed by atoms with Gasteiger partial charge in [0.2, 0.25) is 0 Å². The van der Waals surface area contributed by atoms with Gasteiger partial charge in [-0.05, 0) is 7.05 Å². The van der Waals surface area contributed by atoms with Gasteiger partial charge in [0.25, 0.3) is 0 Å². The molecular weight excluding hydrogens is 194 g/mol. The molecule has 0 unspecified atom stereocenters. The minimum Gasteiger partial charge on any atom is -0.305 e. The minimum atomic E-state index is -0.503. The standard InChI is InChI=1S/C6H14.C5H11NOS/c1-3-5-6-4-2;1-6-2-4-8(7)5-3-6/h3-6H2,1-2H3;2-5H2,1H3. The van der Waals surface area contributed by atoms with Gasteiger partial charge in [0.15, 0.2) is 0 Å². The Balaban J connectivity index is 0.000000255. The van der Waals surface area contributed by atoms with Gasteiger partial charge in [-0.3, -0.25) is 4.21 Å². The Morgan fingerprint density at radius 2 is 1.50 bits per heavy atom. The first-order valence-electron chi connectivity index (χ1n) is 5.74. The second-order valence-corrected chi connectivity index (χ2v) is 5.55. The highest BCUT2D eigenvalue weighted by Gasteiger charge is 2.09. The van der Waals surface area contributed by atoms with Gasteiger partial charge in [0.05, 0.1) is 0 Å². The summed E-state index contributed by atoms with van der Waals surface area (Å²) in [5.41, 5.74) is 0. The summed E-state index contributed by atoms with van der Waals surface area (Å²) in [6.45, 7) is 6.48. The van der Waals surface area contributed by atoms with Crippen LogP contribution in [0.25, 0.3) is 0 Å². The largest absolute Gasteiger partial charge is 0.305 e. The molecule has 0 bridgehead atoms. The molecule has 0 spiro atoms. The van der Waals surface area contributed by atoms with Crippen molar-refractivity contribution in [1.82, 2.24) is 4.90 Å². The predicted molar refractivity (Wildman–Crippen MR) is 65.2 cm³/mol. The average Bonchev–Trinajstić information content (AvgIpc) is 2.20. The third-order valence-corrected chi connectivity index (χ3v) is 3.63. The molecule has 0 saturated carbocycles. The number of hydrogen-bond donors (Lipinski definition) is 0. The van der Waals surface area contributed by atoms with E-state index in [0.29, 0.717) is 0 Å². The Labute approximate surface area is 91.5 Å². The Kier molecular flexibility index (Phi) is 9.73. The van der Waals surface area contributed by atoms with Crippen LogP contribution < -0.4 is 0 Å². The molecule has 0 radical (unpaired) electrons. The van der Waals surface area contributed by atoms with Crippen LogP contribution in [0, 0.1) is 0 Å². The van der Waals surface area contributed by atoms with Crippen LogP contribution in [0.4, 0.5) is 0 Å². The molecule has 0 atom stereocenters. The second-order valence-electron chi connectivity index (χ2n) is 3.86. The molecule has 0 aromatic carbocycles. The van der Waals surface area contributed by atoms with Gasteiger partial charge in [0.1, 0.15) is 0 Å². The fourth-order valence-electron chi connectivity index (χ4n) is 1.23. The van der Waals surface area contributed by atoms with E-state index in [1.807, 2.05) is 0 Å². The highest BCUT2D eigenvalue weighted by atomic mass is 32.2. The fourth-order valence-corrected chi connectivity index (χ4v) is 2.46. The molecule has 3 heteroatoms. The average molecular weight is 219 g/mol. The number of unbranched alkanes of at least 4 members (excludes halogenated alkanes) is 3. The van der Waals surface area contributed by atoms with Crippen molar-refractivity contribution in [3.63, 3.8) is 0 Å². The van der Waals surface area contributed by atoms with Gasteiger partial charge in [-0.1, -0.05) is 39.5 Å². The summed E-state index contributed by atoms with van der Waals surface area (Å²) < 4.78 is 10.7. The van der Waals surface area contributed by atoms with E-state index in [9.17, 15) is 4.21 Å². The molecule has 1 fully saturated rings. The topological polar surface area (TPSA) is 20.3 Å². The van der Waals surface area contributed by atoms with Crippen molar-refractivity contribution in [1.29, 1.82) is 0 Å². The van der Waals surface area contributed by atoms with Crippen LogP contribution in [0.5, 0.6) is 0 Å². The maximum absolute atomic E-state index is 10.7. The van der Waals surface area contributed by atoms with Crippen molar-refractivity contribution in [3.05, 3.63) is 0 Å². The molecular formula is C11H25NOS. The van der Waals surface area contributed by atoms with E-state index in [-0.39, 0.29) is 0 Å². The lowest BCUT2D eigenvalue weighted by Crippen LogP contribution is -2.34. The van der Waals surface area contributed by atoms with E-state index in [2.05, 4.69) is 25.8 Å². The van der Waals surface area contributed by atoms with Gasteiger partial charge in [0, 0.05) is 35.4 Å². The molecule has 0 amide bonds. The van der Waals surface area contributed by atoms with Gasteiger partial charge < -0.3 is 4.90 Å². The third-order valence-electron chi connectivity index (χ3n) is 2.36. The Morgan fingerprint density at radius 3 is 1.79 bits per heavy atom. The van der Waals surface area contributed by atoms with E-state index in [1.54, 1.807) is 0 Å². The summed E-state index contributed by atoms with van der Waals surface area (Å²) in [5.74, 6) is 1.74. The monoisotopic (exact) mass is 219 g/mol. The first-order chi connectivity index (χ1) is 6.70. The maximum atomic E-state index is 10.7. The second kappa shape index (κ2) is 9.66. The molecule has 14 heavy (non-hydrogen) atoms. The summed E-state index contributed by atoms with van der Waals surface area (Å²) in [5, 5.41) is 0. The van der Waals surface area contributed by atoms with Crippen LogP contribution in [0.2, 0.25) is 0 Å². The van der Waals surface area contributed by atoms with Gasteiger partial charge in [-0.25, -0.2) is 0 Å². The number of rotatable bonds is 3. The van der Waals surface area contributed by atoms with Crippen LogP contribution in [0.1, 0.15) is 39.5 Å². The van der Waals surface area contributed by atoms with Crippen LogP contribution >= 0.6 is 0 Å².